The van der Waals surface area contributed by atoms with E-state index in [-0.39, 0.29) is 30.5 Å². The Labute approximate surface area is 163 Å². The fraction of sp³-hybridized carbons (Fsp3) is 0.200. The highest BCUT2D eigenvalue weighted by molar-refractivity contribution is 7.80. The van der Waals surface area contributed by atoms with Crippen LogP contribution in [0.3, 0.4) is 0 Å². The zero-order valence-corrected chi connectivity index (χ0v) is 15.4. The predicted molar refractivity (Wildman–Crippen MR) is 106 cm³/mol. The molecule has 6 nitrogen and oxygen atoms in total. The average molecular weight is 381 g/mol. The lowest BCUT2D eigenvalue weighted by Gasteiger charge is -2.10. The largest absolute Gasteiger partial charge is 0.465 e. The molecule has 2 aromatic carbocycles. The minimum atomic E-state index is -0.429. The van der Waals surface area contributed by atoms with Crippen LogP contribution < -0.4 is 10.6 Å². The third-order valence-corrected chi connectivity index (χ3v) is 3.76. The van der Waals surface area contributed by atoms with E-state index in [1.165, 1.54) is 0 Å². The van der Waals surface area contributed by atoms with Crippen molar-refractivity contribution in [3.05, 3.63) is 65.7 Å². The number of carbonyl (C=O) groups is 2. The lowest BCUT2D eigenvalue weighted by Crippen LogP contribution is -2.34. The third-order valence-electron chi connectivity index (χ3n) is 3.56. The maximum atomic E-state index is 11.9. The molecule has 2 aromatic rings. The summed E-state index contributed by atoms with van der Waals surface area (Å²) >= 11 is 5.05. The number of rotatable bonds is 7. The first-order valence-electron chi connectivity index (χ1n) is 8.37. The molecule has 0 heterocycles. The van der Waals surface area contributed by atoms with Gasteiger partial charge in [0, 0.05) is 18.5 Å². The van der Waals surface area contributed by atoms with Gasteiger partial charge < -0.3 is 15.4 Å². The molecule has 138 valence electrons. The summed E-state index contributed by atoms with van der Waals surface area (Å²) in [5.74, 6) is -0.814. The van der Waals surface area contributed by atoms with Crippen LogP contribution in [0.25, 0.3) is 0 Å². The van der Waals surface area contributed by atoms with E-state index >= 15 is 0 Å². The molecule has 0 atom stereocenters. The number of hydrogen-bond acceptors (Lipinski definition) is 5. The van der Waals surface area contributed by atoms with E-state index in [2.05, 4.69) is 10.6 Å². The number of nitriles is 1. The van der Waals surface area contributed by atoms with Gasteiger partial charge in [0.1, 0.15) is 0 Å². The lowest BCUT2D eigenvalue weighted by molar-refractivity contribution is -0.144. The smallest absolute Gasteiger partial charge is 0.306 e. The van der Waals surface area contributed by atoms with E-state index < -0.39 is 5.97 Å². The number of benzene rings is 2. The van der Waals surface area contributed by atoms with Gasteiger partial charge in [0.25, 0.3) is 0 Å². The van der Waals surface area contributed by atoms with Crippen molar-refractivity contribution in [1.82, 2.24) is 5.32 Å². The van der Waals surface area contributed by atoms with Crippen LogP contribution in [-0.4, -0.2) is 23.6 Å². The molecule has 27 heavy (non-hydrogen) atoms. The van der Waals surface area contributed by atoms with Crippen LogP contribution in [0.4, 0.5) is 5.69 Å². The molecule has 2 rings (SSSR count). The van der Waals surface area contributed by atoms with Gasteiger partial charge in [0.2, 0.25) is 5.91 Å². The van der Waals surface area contributed by atoms with E-state index in [4.69, 9.17) is 22.2 Å². The van der Waals surface area contributed by atoms with Crippen molar-refractivity contribution in [3.63, 3.8) is 0 Å². The van der Waals surface area contributed by atoms with Gasteiger partial charge in [-0.2, -0.15) is 5.26 Å². The maximum absolute atomic E-state index is 11.9. The number of amides is 1. The number of thiocarbonyl (C=S) groups is 1. The summed E-state index contributed by atoms with van der Waals surface area (Å²) < 4.78 is 5.12. The van der Waals surface area contributed by atoms with Crippen LogP contribution in [0.2, 0.25) is 0 Å². The maximum Gasteiger partial charge on any atom is 0.306 e. The second-order valence-corrected chi connectivity index (χ2v) is 6.06. The van der Waals surface area contributed by atoms with Crippen LogP contribution in [0.1, 0.15) is 24.0 Å². The molecule has 1 amide bonds. The first-order chi connectivity index (χ1) is 13.1. The summed E-state index contributed by atoms with van der Waals surface area (Å²) in [6.07, 6.45) is 0.589. The minimum Gasteiger partial charge on any atom is -0.465 e. The second kappa shape index (κ2) is 10.7. The molecule has 0 saturated carbocycles. The van der Waals surface area contributed by atoms with Crippen molar-refractivity contribution in [2.45, 2.75) is 19.3 Å². The van der Waals surface area contributed by atoms with Gasteiger partial charge in [0.15, 0.2) is 5.11 Å². The molecule has 2 N–H and O–H groups in total. The van der Waals surface area contributed by atoms with Gasteiger partial charge in [-0.25, -0.2) is 0 Å². The summed E-state index contributed by atoms with van der Waals surface area (Å²) in [4.78, 5) is 23.6. The van der Waals surface area contributed by atoms with Gasteiger partial charge >= 0.3 is 5.97 Å². The normalized spacial score (nSPS) is 9.74. The third kappa shape index (κ3) is 7.67. The van der Waals surface area contributed by atoms with Crippen LogP contribution in [0, 0.1) is 11.3 Å². The van der Waals surface area contributed by atoms with Crippen LogP contribution in [0.5, 0.6) is 0 Å². The van der Waals surface area contributed by atoms with Crippen LogP contribution in [0.15, 0.2) is 54.6 Å². The number of nitrogens with zero attached hydrogens (tertiary/aromatic N) is 1. The van der Waals surface area contributed by atoms with Crippen molar-refractivity contribution in [2.24, 2.45) is 0 Å². The van der Waals surface area contributed by atoms with Crippen molar-refractivity contribution < 1.29 is 14.3 Å². The highest BCUT2D eigenvalue weighted by atomic mass is 32.1. The van der Waals surface area contributed by atoms with Gasteiger partial charge in [-0.1, -0.05) is 36.4 Å². The molecule has 0 bridgehead atoms. The Kier molecular flexibility index (Phi) is 7.94. The topological polar surface area (TPSA) is 91.2 Å². The zero-order valence-electron chi connectivity index (χ0n) is 14.6. The summed E-state index contributed by atoms with van der Waals surface area (Å²) in [7, 11) is 0. The summed E-state index contributed by atoms with van der Waals surface area (Å²) in [6.45, 7) is 0.277. The Bertz CT molecular complexity index is 847. The second-order valence-electron chi connectivity index (χ2n) is 5.65. The Morgan fingerprint density at radius 1 is 1.07 bits per heavy atom. The Morgan fingerprint density at radius 3 is 2.59 bits per heavy atom. The summed E-state index contributed by atoms with van der Waals surface area (Å²) in [5, 5.41) is 14.3. The molecule has 0 unspecified atom stereocenters. The van der Waals surface area contributed by atoms with Crippen molar-refractivity contribution >= 4 is 34.9 Å². The number of nitrogens with one attached hydrogen (secondary N) is 2. The molecule has 0 radical (unpaired) electrons. The molecular weight excluding hydrogens is 362 g/mol. The molecule has 0 saturated heterocycles. The fourth-order valence-corrected chi connectivity index (χ4v) is 2.46. The van der Waals surface area contributed by atoms with Crippen LogP contribution in [-0.2, 0) is 20.7 Å². The van der Waals surface area contributed by atoms with Crippen molar-refractivity contribution in [3.8, 4) is 6.07 Å². The Morgan fingerprint density at radius 2 is 1.85 bits per heavy atom. The first kappa shape index (κ1) is 20.1. The van der Waals surface area contributed by atoms with Gasteiger partial charge in [-0.3, -0.25) is 9.59 Å². The number of ether oxygens (including phenoxy) is 1. The Hall–Kier alpha value is -3.24. The first-order valence-corrected chi connectivity index (χ1v) is 8.78. The summed E-state index contributed by atoms with van der Waals surface area (Å²) in [6, 6.07) is 18.4. The Balaban J connectivity index is 1.65. The molecule has 0 aliphatic heterocycles. The van der Waals surface area contributed by atoms with E-state index in [0.29, 0.717) is 17.7 Å². The van der Waals surface area contributed by atoms with E-state index in [0.717, 1.165) is 5.56 Å². The molecule has 0 aliphatic carbocycles. The van der Waals surface area contributed by atoms with E-state index in [9.17, 15) is 9.59 Å². The number of esters is 1. The van der Waals surface area contributed by atoms with Crippen molar-refractivity contribution in [1.29, 1.82) is 5.26 Å². The molecule has 0 aromatic heterocycles. The van der Waals surface area contributed by atoms with Crippen molar-refractivity contribution in [2.75, 3.05) is 11.9 Å². The number of carbonyl (C=O) groups excluding carboxylic acids is 2. The quantitative estimate of drug-likeness (QED) is 0.566. The highest BCUT2D eigenvalue weighted by Crippen LogP contribution is 2.09. The average Bonchev–Trinajstić information content (AvgIpc) is 2.67. The van der Waals surface area contributed by atoms with E-state index in [1.54, 1.807) is 24.3 Å². The highest BCUT2D eigenvalue weighted by Gasteiger charge is 2.10. The minimum absolute atomic E-state index is 0.0207. The number of anilines is 1. The van der Waals surface area contributed by atoms with E-state index in [1.807, 2.05) is 36.4 Å². The summed E-state index contributed by atoms with van der Waals surface area (Å²) in [5.41, 5.74) is 2.16. The standard InChI is InChI=1S/C20H19N3O3S/c21-14-16-7-4-8-17(13-16)22-20(27)23-18(24)9-10-19(25)26-12-11-15-5-2-1-3-6-15/h1-8,13H,9-12H2,(H2,22,23,24,27). The van der Waals surface area contributed by atoms with Gasteiger partial charge in [-0.15, -0.1) is 0 Å². The SMILES string of the molecule is N#Cc1cccc(NC(=S)NC(=O)CCC(=O)OCCc2ccccc2)c1. The van der Waals surface area contributed by atoms with Gasteiger partial charge in [0.05, 0.1) is 24.7 Å². The fourth-order valence-electron chi connectivity index (χ4n) is 2.23. The lowest BCUT2D eigenvalue weighted by atomic mass is 10.2. The molecule has 0 aliphatic rings. The molecule has 7 heteroatoms. The monoisotopic (exact) mass is 381 g/mol. The molecule has 0 fully saturated rings. The molecule has 0 spiro atoms. The van der Waals surface area contributed by atoms with Crippen LogP contribution >= 0.6 is 12.2 Å². The molecular formula is C20H19N3O3S. The van der Waals surface area contributed by atoms with Gasteiger partial charge in [-0.05, 0) is 36.0 Å². The zero-order chi connectivity index (χ0) is 19.5. The predicted octanol–water partition coefficient (Wildman–Crippen LogP) is 2.94. The number of hydrogen-bond donors (Lipinski definition) is 2.